The zero-order valence-corrected chi connectivity index (χ0v) is 9.23. The molecule has 0 spiro atoms. The van der Waals surface area contributed by atoms with Gasteiger partial charge in [0.25, 0.3) is 0 Å². The third-order valence-corrected chi connectivity index (χ3v) is 4.62. The van der Waals surface area contributed by atoms with Gasteiger partial charge in [0.15, 0.2) is 6.29 Å². The first-order chi connectivity index (χ1) is 5.77. The highest BCUT2D eigenvalue weighted by atomic mass is 79.9. The zero-order chi connectivity index (χ0) is 8.55. The Morgan fingerprint density at radius 2 is 2.17 bits per heavy atom. The Labute approximate surface area is 84.8 Å². The van der Waals surface area contributed by atoms with Crippen molar-refractivity contribution in [3.05, 3.63) is 11.0 Å². The molecule has 0 aromatic carbocycles. The fourth-order valence-corrected chi connectivity index (χ4v) is 3.16. The van der Waals surface area contributed by atoms with Crippen LogP contribution < -0.4 is 0 Å². The third-order valence-electron chi connectivity index (χ3n) is 1.95. The van der Waals surface area contributed by atoms with Gasteiger partial charge in [0, 0.05) is 15.0 Å². The molecule has 0 amide bonds. The molecule has 2 atom stereocenters. The number of thioether (sulfide) groups is 1. The first-order valence-electron chi connectivity index (χ1n) is 4.03. The van der Waals surface area contributed by atoms with Crippen LogP contribution in [0.5, 0.6) is 0 Å². The lowest BCUT2D eigenvalue weighted by atomic mass is 10.3. The van der Waals surface area contributed by atoms with E-state index in [9.17, 15) is 0 Å². The maximum absolute atomic E-state index is 5.40. The molecule has 12 heavy (non-hydrogen) atoms. The monoisotopic (exact) mass is 250 g/mol. The average Bonchev–Trinajstić information content (AvgIpc) is 2.61. The van der Waals surface area contributed by atoms with Crippen molar-refractivity contribution < 1.29 is 9.47 Å². The van der Waals surface area contributed by atoms with Crippen molar-refractivity contribution in [2.24, 2.45) is 0 Å². The summed E-state index contributed by atoms with van der Waals surface area (Å²) in [5, 5.41) is 0.591. The highest BCUT2D eigenvalue weighted by Crippen LogP contribution is 2.39. The van der Waals surface area contributed by atoms with Crippen LogP contribution in [0.15, 0.2) is 11.0 Å². The molecule has 1 saturated heterocycles. The molecule has 0 aromatic rings. The van der Waals surface area contributed by atoms with Crippen LogP contribution in [0.25, 0.3) is 0 Å². The van der Waals surface area contributed by atoms with Crippen LogP contribution in [0.3, 0.4) is 0 Å². The Morgan fingerprint density at radius 3 is 2.67 bits per heavy atom. The molecule has 2 aliphatic rings. The Kier molecular flexibility index (Phi) is 2.79. The Hall–Kier alpha value is 0.490. The van der Waals surface area contributed by atoms with Gasteiger partial charge in [0.05, 0.1) is 13.2 Å². The predicted molar refractivity (Wildman–Crippen MR) is 53.5 cm³/mol. The second-order valence-electron chi connectivity index (χ2n) is 2.91. The normalized spacial score (nSPS) is 37.3. The van der Waals surface area contributed by atoms with Crippen molar-refractivity contribution in [2.75, 3.05) is 13.2 Å². The molecule has 1 fully saturated rings. The Morgan fingerprint density at radius 1 is 1.50 bits per heavy atom. The van der Waals surface area contributed by atoms with Crippen molar-refractivity contribution in [1.29, 1.82) is 0 Å². The van der Waals surface area contributed by atoms with Gasteiger partial charge >= 0.3 is 0 Å². The molecular formula is C8H11BrO2S. The maximum atomic E-state index is 5.40. The van der Waals surface area contributed by atoms with Crippen LogP contribution in [0.2, 0.25) is 0 Å². The minimum absolute atomic E-state index is 0.0833. The lowest BCUT2D eigenvalue weighted by Gasteiger charge is -2.10. The molecule has 4 heteroatoms. The second-order valence-corrected chi connectivity index (χ2v) is 5.42. The van der Waals surface area contributed by atoms with E-state index in [1.807, 2.05) is 11.8 Å². The second kappa shape index (κ2) is 3.70. The first kappa shape index (κ1) is 9.06. The summed E-state index contributed by atoms with van der Waals surface area (Å²) in [7, 11) is 0. The van der Waals surface area contributed by atoms with Gasteiger partial charge in [-0.3, -0.25) is 0 Å². The standard InChI is InChI=1S/C8H11BrO2S/c1-5-6(9)4-7(12-5)8-10-2-3-11-8/h4-6,8H,2-3H2,1H3. The molecular weight excluding hydrogens is 240 g/mol. The van der Waals surface area contributed by atoms with Gasteiger partial charge < -0.3 is 9.47 Å². The molecule has 0 bridgehead atoms. The van der Waals surface area contributed by atoms with E-state index < -0.39 is 0 Å². The molecule has 0 saturated carbocycles. The average molecular weight is 251 g/mol. The van der Waals surface area contributed by atoms with Crippen molar-refractivity contribution in [2.45, 2.75) is 23.3 Å². The van der Waals surface area contributed by atoms with E-state index in [0.717, 1.165) is 13.2 Å². The van der Waals surface area contributed by atoms with Crippen LogP contribution in [0, 0.1) is 0 Å². The van der Waals surface area contributed by atoms with Crippen LogP contribution >= 0.6 is 27.7 Å². The van der Waals surface area contributed by atoms with Crippen molar-refractivity contribution in [3.8, 4) is 0 Å². The fraction of sp³-hybridized carbons (Fsp3) is 0.750. The highest BCUT2D eigenvalue weighted by Gasteiger charge is 2.30. The van der Waals surface area contributed by atoms with E-state index in [1.165, 1.54) is 4.91 Å². The minimum atomic E-state index is -0.0833. The lowest BCUT2D eigenvalue weighted by Crippen LogP contribution is -2.07. The van der Waals surface area contributed by atoms with E-state index in [1.54, 1.807) is 0 Å². The summed E-state index contributed by atoms with van der Waals surface area (Å²) in [5.41, 5.74) is 0. The highest BCUT2D eigenvalue weighted by molar-refractivity contribution is 9.09. The summed E-state index contributed by atoms with van der Waals surface area (Å²) in [6, 6.07) is 0. The predicted octanol–water partition coefficient (Wildman–Crippen LogP) is 2.14. The first-order valence-corrected chi connectivity index (χ1v) is 5.82. The Balaban J connectivity index is 2.00. The van der Waals surface area contributed by atoms with Crippen molar-refractivity contribution >= 4 is 27.7 Å². The van der Waals surface area contributed by atoms with Gasteiger partial charge in [-0.05, 0) is 0 Å². The molecule has 0 N–H and O–H groups in total. The van der Waals surface area contributed by atoms with Crippen LogP contribution in [0.4, 0.5) is 0 Å². The molecule has 0 aliphatic carbocycles. The molecule has 2 heterocycles. The summed E-state index contributed by atoms with van der Waals surface area (Å²) in [4.78, 5) is 1.69. The van der Waals surface area contributed by atoms with Crippen molar-refractivity contribution in [3.63, 3.8) is 0 Å². The number of hydrogen-bond donors (Lipinski definition) is 0. The number of alkyl halides is 1. The van der Waals surface area contributed by atoms with E-state index in [2.05, 4.69) is 28.9 Å². The van der Waals surface area contributed by atoms with Gasteiger partial charge in [0.1, 0.15) is 0 Å². The van der Waals surface area contributed by atoms with Gasteiger partial charge in [-0.1, -0.05) is 28.9 Å². The van der Waals surface area contributed by atoms with Gasteiger partial charge in [0.2, 0.25) is 0 Å². The molecule has 2 aliphatic heterocycles. The summed E-state index contributed by atoms with van der Waals surface area (Å²) in [6.45, 7) is 3.65. The van der Waals surface area contributed by atoms with E-state index in [0.29, 0.717) is 10.1 Å². The smallest absolute Gasteiger partial charge is 0.189 e. The Bertz CT molecular complexity index is 201. The van der Waals surface area contributed by atoms with Gasteiger partial charge in [-0.2, -0.15) is 0 Å². The van der Waals surface area contributed by atoms with E-state index >= 15 is 0 Å². The molecule has 0 radical (unpaired) electrons. The quantitative estimate of drug-likeness (QED) is 0.665. The zero-order valence-electron chi connectivity index (χ0n) is 6.83. The van der Waals surface area contributed by atoms with Gasteiger partial charge in [-0.25, -0.2) is 0 Å². The van der Waals surface area contributed by atoms with Gasteiger partial charge in [-0.15, -0.1) is 11.8 Å². The molecule has 68 valence electrons. The largest absolute Gasteiger partial charge is 0.346 e. The number of ether oxygens (including phenoxy) is 2. The maximum Gasteiger partial charge on any atom is 0.189 e. The summed E-state index contributed by atoms with van der Waals surface area (Å²) < 4.78 is 10.8. The van der Waals surface area contributed by atoms with E-state index in [-0.39, 0.29) is 6.29 Å². The third kappa shape index (κ3) is 1.71. The summed E-state index contributed by atoms with van der Waals surface area (Å²) in [5.74, 6) is 0. The summed E-state index contributed by atoms with van der Waals surface area (Å²) >= 11 is 5.42. The van der Waals surface area contributed by atoms with Crippen LogP contribution in [-0.2, 0) is 9.47 Å². The number of rotatable bonds is 1. The van der Waals surface area contributed by atoms with E-state index in [4.69, 9.17) is 9.47 Å². The minimum Gasteiger partial charge on any atom is -0.346 e. The summed E-state index contributed by atoms with van der Waals surface area (Å²) in [6.07, 6.45) is 2.10. The topological polar surface area (TPSA) is 18.5 Å². The molecule has 2 unspecified atom stereocenters. The number of halogens is 1. The fourth-order valence-electron chi connectivity index (χ4n) is 1.27. The SMILES string of the molecule is CC1SC(C2OCCO2)=CC1Br. The lowest BCUT2D eigenvalue weighted by molar-refractivity contribution is -0.00449. The molecule has 0 aromatic heterocycles. The molecule has 2 rings (SSSR count). The van der Waals surface area contributed by atoms with Crippen molar-refractivity contribution in [1.82, 2.24) is 0 Å². The number of allylic oxidation sites excluding steroid dienone is 1. The van der Waals surface area contributed by atoms with Crippen LogP contribution in [-0.4, -0.2) is 29.6 Å². The van der Waals surface area contributed by atoms with Crippen LogP contribution in [0.1, 0.15) is 6.92 Å². The number of hydrogen-bond acceptors (Lipinski definition) is 3. The molecule has 2 nitrogen and oxygen atoms in total.